The molecular formula is C15H28N2O3. The summed E-state index contributed by atoms with van der Waals surface area (Å²) in [7, 11) is 0. The maximum Gasteiger partial charge on any atom is 0.326 e. The molecule has 0 bridgehead atoms. The van der Waals surface area contributed by atoms with Crippen molar-refractivity contribution in [2.24, 2.45) is 17.8 Å². The van der Waals surface area contributed by atoms with Gasteiger partial charge in [0.15, 0.2) is 0 Å². The first-order valence-corrected chi connectivity index (χ1v) is 7.59. The number of nitrogens with one attached hydrogen (secondary N) is 2. The largest absolute Gasteiger partial charge is 0.480 e. The third-order valence-electron chi connectivity index (χ3n) is 4.24. The molecule has 1 rings (SSSR count). The number of urea groups is 1. The van der Waals surface area contributed by atoms with Crippen molar-refractivity contribution in [3.63, 3.8) is 0 Å². The van der Waals surface area contributed by atoms with Gasteiger partial charge in [-0.2, -0.15) is 0 Å². The lowest BCUT2D eigenvalue weighted by Crippen LogP contribution is -2.50. The summed E-state index contributed by atoms with van der Waals surface area (Å²) < 4.78 is 0. The molecule has 1 fully saturated rings. The summed E-state index contributed by atoms with van der Waals surface area (Å²) in [4.78, 5) is 23.0. The number of carboxylic acids is 1. The van der Waals surface area contributed by atoms with Gasteiger partial charge in [0.25, 0.3) is 0 Å². The van der Waals surface area contributed by atoms with Crippen LogP contribution < -0.4 is 10.6 Å². The molecule has 0 saturated heterocycles. The fourth-order valence-corrected chi connectivity index (χ4v) is 2.76. The highest BCUT2D eigenvalue weighted by atomic mass is 16.4. The summed E-state index contributed by atoms with van der Waals surface area (Å²) in [6.45, 7) is 8.33. The number of aliphatic carboxylic acids is 1. The summed E-state index contributed by atoms with van der Waals surface area (Å²) >= 11 is 0. The minimum Gasteiger partial charge on any atom is -0.480 e. The lowest BCUT2D eigenvalue weighted by Gasteiger charge is -2.32. The van der Waals surface area contributed by atoms with Gasteiger partial charge >= 0.3 is 12.0 Å². The Bertz CT molecular complexity index is 344. The molecule has 0 radical (unpaired) electrons. The van der Waals surface area contributed by atoms with Crippen LogP contribution in [0.25, 0.3) is 0 Å². The van der Waals surface area contributed by atoms with Crippen LogP contribution in [-0.4, -0.2) is 29.2 Å². The van der Waals surface area contributed by atoms with Crippen LogP contribution in [0.3, 0.4) is 0 Å². The summed E-state index contributed by atoms with van der Waals surface area (Å²) in [5, 5.41) is 14.6. The van der Waals surface area contributed by atoms with Crippen molar-refractivity contribution >= 4 is 12.0 Å². The van der Waals surface area contributed by atoms with E-state index in [0.717, 1.165) is 19.3 Å². The molecule has 0 aliphatic heterocycles. The molecule has 5 heteroatoms. The molecular weight excluding hydrogens is 256 g/mol. The molecule has 20 heavy (non-hydrogen) atoms. The summed E-state index contributed by atoms with van der Waals surface area (Å²) in [6.07, 6.45) is 3.50. The molecule has 5 nitrogen and oxygen atoms in total. The maximum atomic E-state index is 11.9. The first-order chi connectivity index (χ1) is 9.29. The molecule has 1 saturated carbocycles. The van der Waals surface area contributed by atoms with Crippen LogP contribution >= 0.6 is 0 Å². The highest BCUT2D eigenvalue weighted by Gasteiger charge is 2.27. The maximum absolute atomic E-state index is 11.9. The van der Waals surface area contributed by atoms with Crippen LogP contribution in [0.15, 0.2) is 0 Å². The average molecular weight is 284 g/mol. The third kappa shape index (κ3) is 5.39. The van der Waals surface area contributed by atoms with Gasteiger partial charge in [0.2, 0.25) is 0 Å². The monoisotopic (exact) mass is 284 g/mol. The van der Waals surface area contributed by atoms with E-state index >= 15 is 0 Å². The second-order valence-electron chi connectivity index (χ2n) is 6.60. The minimum atomic E-state index is -0.973. The Morgan fingerprint density at radius 1 is 1.20 bits per heavy atom. The van der Waals surface area contributed by atoms with Crippen molar-refractivity contribution < 1.29 is 14.7 Å². The topological polar surface area (TPSA) is 78.4 Å². The van der Waals surface area contributed by atoms with Gasteiger partial charge in [-0.3, -0.25) is 0 Å². The molecule has 1 aliphatic carbocycles. The van der Waals surface area contributed by atoms with Crippen molar-refractivity contribution in [1.82, 2.24) is 10.6 Å². The molecule has 3 unspecified atom stereocenters. The second-order valence-corrected chi connectivity index (χ2v) is 6.60. The van der Waals surface area contributed by atoms with Gasteiger partial charge in [0.05, 0.1) is 0 Å². The van der Waals surface area contributed by atoms with Crippen LogP contribution in [0.4, 0.5) is 4.79 Å². The lowest BCUT2D eigenvalue weighted by molar-refractivity contribution is -0.139. The van der Waals surface area contributed by atoms with Crippen LogP contribution in [0.5, 0.6) is 0 Å². The third-order valence-corrected chi connectivity index (χ3v) is 4.24. The predicted octanol–water partition coefficient (Wildman–Crippen LogP) is 2.61. The van der Waals surface area contributed by atoms with Crippen molar-refractivity contribution in [3.05, 3.63) is 0 Å². The molecule has 0 spiro atoms. The van der Waals surface area contributed by atoms with Crippen molar-refractivity contribution in [2.75, 3.05) is 0 Å². The fraction of sp³-hybridized carbons (Fsp3) is 0.867. The van der Waals surface area contributed by atoms with Crippen molar-refractivity contribution in [3.8, 4) is 0 Å². The van der Waals surface area contributed by atoms with Gasteiger partial charge in [0.1, 0.15) is 6.04 Å². The Balaban J connectivity index is 2.43. The zero-order chi connectivity index (χ0) is 15.3. The van der Waals surface area contributed by atoms with E-state index in [1.165, 1.54) is 0 Å². The smallest absolute Gasteiger partial charge is 0.326 e. The molecule has 0 aromatic rings. The number of hydrogen-bond donors (Lipinski definition) is 3. The number of carbonyl (C=O) groups excluding carboxylic acids is 1. The van der Waals surface area contributed by atoms with Crippen molar-refractivity contribution in [1.29, 1.82) is 0 Å². The number of hydrogen-bond acceptors (Lipinski definition) is 2. The quantitative estimate of drug-likeness (QED) is 0.726. The Morgan fingerprint density at radius 3 is 2.35 bits per heavy atom. The van der Waals surface area contributed by atoms with Gasteiger partial charge in [-0.25, -0.2) is 9.59 Å². The van der Waals surface area contributed by atoms with E-state index in [2.05, 4.69) is 24.5 Å². The Morgan fingerprint density at radius 2 is 1.85 bits per heavy atom. The van der Waals surface area contributed by atoms with E-state index in [1.807, 2.05) is 13.8 Å². The van der Waals surface area contributed by atoms with Gasteiger partial charge in [-0.1, -0.05) is 27.7 Å². The second kappa shape index (κ2) is 7.50. The molecule has 0 heterocycles. The van der Waals surface area contributed by atoms with Crippen LogP contribution in [0.2, 0.25) is 0 Å². The molecule has 2 amide bonds. The molecule has 4 atom stereocenters. The number of carbonyl (C=O) groups is 2. The zero-order valence-electron chi connectivity index (χ0n) is 13.0. The molecule has 0 aromatic heterocycles. The van der Waals surface area contributed by atoms with Crippen molar-refractivity contribution in [2.45, 2.75) is 65.5 Å². The Hall–Kier alpha value is -1.26. The van der Waals surface area contributed by atoms with E-state index < -0.39 is 12.0 Å². The van der Waals surface area contributed by atoms with E-state index in [4.69, 9.17) is 5.11 Å². The molecule has 0 aromatic carbocycles. The number of amides is 2. The average Bonchev–Trinajstić information content (AvgIpc) is 2.32. The molecule has 116 valence electrons. The normalized spacial score (nSPS) is 27.9. The predicted molar refractivity (Wildman–Crippen MR) is 78.5 cm³/mol. The first-order valence-electron chi connectivity index (χ1n) is 7.59. The summed E-state index contributed by atoms with van der Waals surface area (Å²) in [6, 6.07) is -1.01. The Labute approximate surface area is 121 Å². The van der Waals surface area contributed by atoms with E-state index in [9.17, 15) is 9.59 Å². The van der Waals surface area contributed by atoms with Crippen LogP contribution in [0.1, 0.15) is 53.4 Å². The molecule has 1 aliphatic rings. The van der Waals surface area contributed by atoms with E-state index in [1.54, 1.807) is 0 Å². The van der Waals surface area contributed by atoms with Gasteiger partial charge < -0.3 is 15.7 Å². The Kier molecular flexibility index (Phi) is 6.30. The lowest BCUT2D eigenvalue weighted by atomic mass is 9.79. The summed E-state index contributed by atoms with van der Waals surface area (Å²) in [5.74, 6) is 0.551. The highest BCUT2D eigenvalue weighted by Crippen LogP contribution is 2.29. The van der Waals surface area contributed by atoms with Gasteiger partial charge in [-0.05, 0) is 43.4 Å². The number of rotatable bonds is 5. The van der Waals surface area contributed by atoms with Crippen LogP contribution in [-0.2, 0) is 4.79 Å². The highest BCUT2D eigenvalue weighted by molar-refractivity contribution is 5.82. The molecule has 3 N–H and O–H groups in total. The van der Waals surface area contributed by atoms with E-state index in [-0.39, 0.29) is 18.0 Å². The standard InChI is InChI=1S/C15H28N2O3/c1-9(2)7-13(14(18)19)17-15(20)16-12-6-5-10(3)11(4)8-12/h9-13H,5-8H2,1-4H3,(H,18,19)(H2,16,17,20)/t10?,11?,12?,13-/m1/s1. The van der Waals surface area contributed by atoms with E-state index in [0.29, 0.717) is 18.3 Å². The van der Waals surface area contributed by atoms with Crippen LogP contribution in [0, 0.1) is 17.8 Å². The van der Waals surface area contributed by atoms with Gasteiger partial charge in [-0.15, -0.1) is 0 Å². The SMILES string of the molecule is CC(C)C[C@@H](NC(=O)NC1CCC(C)C(C)C1)C(=O)O. The summed E-state index contributed by atoms with van der Waals surface area (Å²) in [5.41, 5.74) is 0. The zero-order valence-corrected chi connectivity index (χ0v) is 13.0. The first kappa shape index (κ1) is 16.8. The minimum absolute atomic E-state index is 0.162. The number of carboxylic acid groups (broad SMARTS) is 1. The van der Waals surface area contributed by atoms with Gasteiger partial charge in [0, 0.05) is 6.04 Å². The fourth-order valence-electron chi connectivity index (χ4n) is 2.76.